The van der Waals surface area contributed by atoms with Gasteiger partial charge in [-0.05, 0) is 48.9 Å². The van der Waals surface area contributed by atoms with Crippen LogP contribution in [0, 0.1) is 6.92 Å². The van der Waals surface area contributed by atoms with Gasteiger partial charge in [0.05, 0.1) is 18.6 Å². The number of carboxylic acid groups (broad SMARTS) is 1. The Morgan fingerprint density at radius 2 is 1.91 bits per heavy atom. The van der Waals surface area contributed by atoms with E-state index in [1.165, 1.54) is 0 Å². The summed E-state index contributed by atoms with van der Waals surface area (Å²) in [5.41, 5.74) is 9.15. The maximum absolute atomic E-state index is 12.2. The average molecular weight is 460 g/mol. The molecule has 0 aliphatic carbocycles. The first kappa shape index (κ1) is 23.0. The monoisotopic (exact) mass is 460 g/mol. The summed E-state index contributed by atoms with van der Waals surface area (Å²) >= 11 is 0. The molecule has 1 amide bonds. The number of ether oxygens (including phenoxy) is 2. The number of primary amides is 1. The Hall–Kier alpha value is -4.20. The van der Waals surface area contributed by atoms with Crippen LogP contribution in [0.4, 0.5) is 0 Å². The normalized spacial score (nSPS) is 13.5. The van der Waals surface area contributed by atoms with Crippen molar-refractivity contribution in [2.45, 2.75) is 32.3 Å². The minimum Gasteiger partial charge on any atom is -0.492 e. The predicted octanol–water partition coefficient (Wildman–Crippen LogP) is 3.64. The highest BCUT2D eigenvalue weighted by molar-refractivity contribution is 6.00. The van der Waals surface area contributed by atoms with E-state index in [1.807, 2.05) is 13.0 Å². The number of carbonyl (C=O) groups excluding carboxylic acids is 2. The highest BCUT2D eigenvalue weighted by Gasteiger charge is 2.25. The van der Waals surface area contributed by atoms with Gasteiger partial charge in [0.15, 0.2) is 5.78 Å². The van der Waals surface area contributed by atoms with Gasteiger partial charge < -0.3 is 20.3 Å². The lowest BCUT2D eigenvalue weighted by Gasteiger charge is -2.25. The van der Waals surface area contributed by atoms with Gasteiger partial charge in [0.25, 0.3) is 0 Å². The van der Waals surface area contributed by atoms with Crippen LogP contribution in [-0.4, -0.2) is 34.4 Å². The third kappa shape index (κ3) is 4.91. The molecule has 0 radical (unpaired) electrons. The number of Topliss-reactive ketones (excluding diaryl/α,β-unsaturated/α-hetero) is 1. The lowest BCUT2D eigenvalue weighted by atomic mass is 9.98. The summed E-state index contributed by atoms with van der Waals surface area (Å²) in [6.07, 6.45) is 1.61. The fraction of sp³-hybridized carbons (Fsp3) is 0.231. The molecule has 0 fully saturated rings. The Morgan fingerprint density at radius 3 is 2.62 bits per heavy atom. The van der Waals surface area contributed by atoms with Gasteiger partial charge in [-0.2, -0.15) is 0 Å². The number of carboxylic acids is 1. The van der Waals surface area contributed by atoms with Gasteiger partial charge in [0, 0.05) is 41.4 Å². The third-order valence-electron chi connectivity index (χ3n) is 5.71. The molecule has 2 aromatic carbocycles. The Bertz CT molecular complexity index is 1250. The molecular formula is C26H24N2O6. The summed E-state index contributed by atoms with van der Waals surface area (Å²) in [6.45, 7) is 2.16. The molecular weight excluding hydrogens is 436 g/mol. The smallest absolute Gasteiger partial charge is 0.303 e. The Kier molecular flexibility index (Phi) is 6.58. The van der Waals surface area contributed by atoms with E-state index < -0.39 is 18.0 Å². The minimum absolute atomic E-state index is 0.0340. The molecule has 2 heterocycles. The van der Waals surface area contributed by atoms with Gasteiger partial charge in [0.2, 0.25) is 5.91 Å². The maximum atomic E-state index is 12.2. The summed E-state index contributed by atoms with van der Waals surface area (Å²) in [5, 5.41) is 9.02. The maximum Gasteiger partial charge on any atom is 0.303 e. The molecule has 0 bridgehead atoms. The molecule has 0 unspecified atom stereocenters. The zero-order valence-corrected chi connectivity index (χ0v) is 18.6. The fourth-order valence-electron chi connectivity index (χ4n) is 3.90. The molecule has 0 saturated heterocycles. The van der Waals surface area contributed by atoms with Crippen molar-refractivity contribution in [3.8, 4) is 11.5 Å². The number of nitrogens with two attached hydrogens (primary N) is 1. The minimum atomic E-state index is -0.902. The number of pyridine rings is 1. The summed E-state index contributed by atoms with van der Waals surface area (Å²) in [6, 6.07) is 13.8. The van der Waals surface area contributed by atoms with Crippen LogP contribution in [-0.2, 0) is 11.2 Å². The molecule has 1 aliphatic heterocycles. The van der Waals surface area contributed by atoms with Crippen LogP contribution < -0.4 is 15.2 Å². The standard InChI is InChI=1S/C26H24N2O6/c1-15-22(8-7-20-21(29)11-13-33-24(15)20)34-25(16-2-4-17(5-3-16)26(27)32)18-10-12-28-19(14-18)6-9-23(30)31/h2-5,7-8,10,12,14,25H,6,9,11,13H2,1H3,(H2,27,32)(H,30,31)/t25-/m0/s1. The fourth-order valence-corrected chi connectivity index (χ4v) is 3.90. The van der Waals surface area contributed by atoms with Crippen LogP contribution in [0.25, 0.3) is 0 Å². The van der Waals surface area contributed by atoms with E-state index in [2.05, 4.69) is 4.98 Å². The van der Waals surface area contributed by atoms with Crippen LogP contribution in [0.1, 0.15) is 62.0 Å². The number of aliphatic carboxylic acids is 1. The molecule has 0 saturated carbocycles. The summed E-state index contributed by atoms with van der Waals surface area (Å²) in [4.78, 5) is 39.0. The van der Waals surface area contributed by atoms with Crippen LogP contribution in [0.15, 0.2) is 54.7 Å². The number of carbonyl (C=O) groups is 3. The second kappa shape index (κ2) is 9.74. The average Bonchev–Trinajstić information content (AvgIpc) is 2.83. The number of ketones is 1. The number of rotatable bonds is 8. The molecule has 8 heteroatoms. The lowest BCUT2D eigenvalue weighted by molar-refractivity contribution is -0.136. The number of aromatic nitrogens is 1. The molecule has 4 rings (SSSR count). The molecule has 1 aromatic heterocycles. The topological polar surface area (TPSA) is 129 Å². The van der Waals surface area contributed by atoms with E-state index in [-0.39, 0.29) is 18.6 Å². The van der Waals surface area contributed by atoms with E-state index in [1.54, 1.807) is 48.7 Å². The second-order valence-electron chi connectivity index (χ2n) is 8.05. The summed E-state index contributed by atoms with van der Waals surface area (Å²) in [5.74, 6) is -0.334. The first-order valence-electron chi connectivity index (χ1n) is 10.9. The summed E-state index contributed by atoms with van der Waals surface area (Å²) < 4.78 is 12.2. The molecule has 8 nitrogen and oxygen atoms in total. The van der Waals surface area contributed by atoms with Crippen molar-refractivity contribution < 1.29 is 29.0 Å². The van der Waals surface area contributed by atoms with E-state index in [9.17, 15) is 14.4 Å². The van der Waals surface area contributed by atoms with Crippen molar-refractivity contribution in [3.05, 3.63) is 88.2 Å². The van der Waals surface area contributed by atoms with E-state index in [0.717, 1.165) is 11.1 Å². The van der Waals surface area contributed by atoms with Crippen LogP contribution in [0.2, 0.25) is 0 Å². The number of hydrogen-bond donors (Lipinski definition) is 2. The molecule has 34 heavy (non-hydrogen) atoms. The Balaban J connectivity index is 1.73. The number of fused-ring (bicyclic) bond motifs is 1. The third-order valence-corrected chi connectivity index (χ3v) is 5.71. The predicted molar refractivity (Wildman–Crippen MR) is 123 cm³/mol. The van der Waals surface area contributed by atoms with Gasteiger partial charge in [0.1, 0.15) is 17.6 Å². The van der Waals surface area contributed by atoms with Crippen molar-refractivity contribution in [2.75, 3.05) is 6.61 Å². The molecule has 1 aliphatic rings. The Labute approximate surface area is 196 Å². The van der Waals surface area contributed by atoms with Crippen LogP contribution in [0.3, 0.4) is 0 Å². The Morgan fingerprint density at radius 1 is 1.15 bits per heavy atom. The largest absolute Gasteiger partial charge is 0.492 e. The van der Waals surface area contributed by atoms with Gasteiger partial charge in [-0.1, -0.05) is 12.1 Å². The van der Waals surface area contributed by atoms with Crippen LogP contribution in [0.5, 0.6) is 11.5 Å². The number of aryl methyl sites for hydroxylation is 1. The lowest BCUT2D eigenvalue weighted by Crippen LogP contribution is -2.17. The number of benzene rings is 2. The van der Waals surface area contributed by atoms with Crippen molar-refractivity contribution >= 4 is 17.7 Å². The van der Waals surface area contributed by atoms with Crippen molar-refractivity contribution in [1.82, 2.24) is 4.98 Å². The molecule has 0 spiro atoms. The highest BCUT2D eigenvalue weighted by Crippen LogP contribution is 2.38. The van der Waals surface area contributed by atoms with Gasteiger partial charge in [-0.25, -0.2) is 0 Å². The van der Waals surface area contributed by atoms with E-state index in [4.69, 9.17) is 20.3 Å². The number of amides is 1. The van der Waals surface area contributed by atoms with Crippen molar-refractivity contribution in [3.63, 3.8) is 0 Å². The van der Waals surface area contributed by atoms with Crippen molar-refractivity contribution in [2.24, 2.45) is 5.73 Å². The molecule has 174 valence electrons. The van der Waals surface area contributed by atoms with Gasteiger partial charge in [-0.15, -0.1) is 0 Å². The molecule has 3 N–H and O–H groups in total. The number of nitrogens with zero attached hydrogens (tertiary/aromatic N) is 1. The summed E-state index contributed by atoms with van der Waals surface area (Å²) in [7, 11) is 0. The first-order chi connectivity index (χ1) is 16.3. The van der Waals surface area contributed by atoms with E-state index in [0.29, 0.717) is 46.9 Å². The van der Waals surface area contributed by atoms with Crippen molar-refractivity contribution in [1.29, 1.82) is 0 Å². The SMILES string of the molecule is Cc1c(O[C@@H](c2ccc(C(N)=O)cc2)c2ccnc(CCC(=O)O)c2)ccc2c1OCCC2=O. The molecule has 1 atom stereocenters. The highest BCUT2D eigenvalue weighted by atomic mass is 16.5. The van der Waals surface area contributed by atoms with Gasteiger partial charge in [-0.3, -0.25) is 19.4 Å². The zero-order chi connectivity index (χ0) is 24.2. The quantitative estimate of drug-likeness (QED) is 0.525. The van der Waals surface area contributed by atoms with E-state index >= 15 is 0 Å². The number of hydrogen-bond acceptors (Lipinski definition) is 6. The van der Waals surface area contributed by atoms with Crippen LogP contribution >= 0.6 is 0 Å². The first-order valence-corrected chi connectivity index (χ1v) is 10.9. The molecule has 3 aromatic rings. The second-order valence-corrected chi connectivity index (χ2v) is 8.05. The zero-order valence-electron chi connectivity index (χ0n) is 18.6. The van der Waals surface area contributed by atoms with Gasteiger partial charge >= 0.3 is 5.97 Å².